The second-order valence-electron chi connectivity index (χ2n) is 6.40. The number of carbonyl (C=O) groups excluding carboxylic acids is 2. The Morgan fingerprint density at radius 3 is 2.56 bits per heavy atom. The molecule has 1 amide bonds. The number of fused-ring (bicyclic) bond motifs is 1. The summed E-state index contributed by atoms with van der Waals surface area (Å²) < 4.78 is 6.62. The topological polar surface area (TPSA) is 46.6 Å². The van der Waals surface area contributed by atoms with Crippen molar-refractivity contribution in [3.8, 4) is 5.75 Å². The Bertz CT molecular complexity index is 860. The fraction of sp³-hybridized carbons (Fsp3) is 0.300. The summed E-state index contributed by atoms with van der Waals surface area (Å²) in [5, 5.41) is 0. The number of halogens is 1. The summed E-state index contributed by atoms with van der Waals surface area (Å²) in [5.74, 6) is -0.0380. The van der Waals surface area contributed by atoms with Crippen LogP contribution in [-0.4, -0.2) is 24.8 Å². The van der Waals surface area contributed by atoms with E-state index < -0.39 is 11.7 Å². The molecule has 5 heteroatoms. The number of anilines is 1. The number of aryl methyl sites for hydroxylation is 3. The summed E-state index contributed by atoms with van der Waals surface area (Å²) in [6.45, 7) is 6.87. The fourth-order valence-electron chi connectivity index (χ4n) is 3.00. The van der Waals surface area contributed by atoms with E-state index in [0.717, 1.165) is 26.9 Å². The summed E-state index contributed by atoms with van der Waals surface area (Å²) in [5.41, 5.74) is 4.34. The zero-order valence-electron chi connectivity index (χ0n) is 14.6. The highest BCUT2D eigenvalue weighted by Crippen LogP contribution is 2.37. The van der Waals surface area contributed by atoms with Crippen LogP contribution < -0.4 is 9.64 Å². The molecule has 0 bridgehead atoms. The first-order valence-electron chi connectivity index (χ1n) is 8.25. The Morgan fingerprint density at radius 2 is 1.80 bits per heavy atom. The van der Waals surface area contributed by atoms with Crippen LogP contribution in [0.3, 0.4) is 0 Å². The highest BCUT2D eigenvalue weighted by molar-refractivity contribution is 9.10. The van der Waals surface area contributed by atoms with Crippen molar-refractivity contribution in [2.45, 2.75) is 27.2 Å². The van der Waals surface area contributed by atoms with E-state index in [1.165, 1.54) is 0 Å². The maximum Gasteiger partial charge on any atom is 0.299 e. The number of nitrogens with zero attached hydrogens (tertiary/aromatic N) is 1. The zero-order valence-corrected chi connectivity index (χ0v) is 16.1. The zero-order chi connectivity index (χ0) is 18.1. The van der Waals surface area contributed by atoms with Gasteiger partial charge in [-0.2, -0.15) is 0 Å². The maximum atomic E-state index is 12.3. The first-order chi connectivity index (χ1) is 11.9. The van der Waals surface area contributed by atoms with Crippen molar-refractivity contribution < 1.29 is 14.3 Å². The van der Waals surface area contributed by atoms with Crippen LogP contribution in [0, 0.1) is 20.8 Å². The second-order valence-corrected chi connectivity index (χ2v) is 7.25. The summed E-state index contributed by atoms with van der Waals surface area (Å²) >= 11 is 3.48. The van der Waals surface area contributed by atoms with Gasteiger partial charge < -0.3 is 9.64 Å². The molecule has 4 nitrogen and oxygen atoms in total. The summed E-state index contributed by atoms with van der Waals surface area (Å²) in [6, 6.07) is 9.78. The highest BCUT2D eigenvalue weighted by Gasteiger charge is 2.37. The van der Waals surface area contributed by atoms with Gasteiger partial charge in [0, 0.05) is 11.0 Å². The minimum absolute atomic E-state index is 0.435. The molecule has 2 aromatic rings. The SMILES string of the molecule is Cc1ccc(C)c(OCCCN2C(=O)C(=O)c3cc(C)cc(Br)c32)c1. The lowest BCUT2D eigenvalue weighted by Crippen LogP contribution is -2.31. The van der Waals surface area contributed by atoms with Gasteiger partial charge in [0.05, 0.1) is 17.9 Å². The molecule has 130 valence electrons. The van der Waals surface area contributed by atoms with Crippen LogP contribution in [-0.2, 0) is 4.79 Å². The number of carbonyl (C=O) groups is 2. The molecule has 0 atom stereocenters. The van der Waals surface area contributed by atoms with Crippen LogP contribution in [0.25, 0.3) is 0 Å². The Hall–Kier alpha value is -2.14. The molecule has 3 rings (SSSR count). The molecule has 1 aliphatic heterocycles. The van der Waals surface area contributed by atoms with E-state index >= 15 is 0 Å². The van der Waals surface area contributed by atoms with E-state index in [0.29, 0.717) is 30.8 Å². The van der Waals surface area contributed by atoms with E-state index in [9.17, 15) is 9.59 Å². The van der Waals surface area contributed by atoms with Gasteiger partial charge in [0.1, 0.15) is 5.75 Å². The van der Waals surface area contributed by atoms with Gasteiger partial charge in [-0.3, -0.25) is 9.59 Å². The predicted molar refractivity (Wildman–Crippen MR) is 102 cm³/mol. The summed E-state index contributed by atoms with van der Waals surface area (Å²) in [7, 11) is 0. The number of amides is 1. The van der Waals surface area contributed by atoms with Crippen molar-refractivity contribution in [2.24, 2.45) is 0 Å². The fourth-order valence-corrected chi connectivity index (χ4v) is 3.79. The van der Waals surface area contributed by atoms with Crippen LogP contribution in [0.2, 0.25) is 0 Å². The Morgan fingerprint density at radius 1 is 1.04 bits per heavy atom. The molecule has 0 radical (unpaired) electrons. The lowest BCUT2D eigenvalue weighted by Gasteiger charge is -2.18. The van der Waals surface area contributed by atoms with Gasteiger partial charge in [0.2, 0.25) is 0 Å². The Kier molecular flexibility index (Phi) is 4.95. The molecule has 0 N–H and O–H groups in total. The molecular weight excluding hydrogens is 382 g/mol. The lowest BCUT2D eigenvalue weighted by molar-refractivity contribution is -0.114. The van der Waals surface area contributed by atoms with Crippen molar-refractivity contribution >= 4 is 33.3 Å². The van der Waals surface area contributed by atoms with Crippen molar-refractivity contribution in [1.82, 2.24) is 0 Å². The first kappa shape index (κ1) is 17.7. The number of Topliss-reactive ketones (excluding diaryl/α,β-unsaturated/α-hetero) is 1. The molecule has 1 aliphatic rings. The predicted octanol–water partition coefficient (Wildman–Crippen LogP) is 4.37. The van der Waals surface area contributed by atoms with Crippen LogP contribution in [0.5, 0.6) is 5.75 Å². The van der Waals surface area contributed by atoms with Crippen molar-refractivity contribution in [1.29, 1.82) is 0 Å². The number of benzene rings is 2. The number of hydrogen-bond acceptors (Lipinski definition) is 3. The average molecular weight is 402 g/mol. The van der Waals surface area contributed by atoms with Gasteiger partial charge in [0.15, 0.2) is 0 Å². The van der Waals surface area contributed by atoms with Crippen LogP contribution in [0.4, 0.5) is 5.69 Å². The van der Waals surface area contributed by atoms with Crippen LogP contribution >= 0.6 is 15.9 Å². The molecule has 1 heterocycles. The van der Waals surface area contributed by atoms with Gasteiger partial charge in [-0.15, -0.1) is 0 Å². The van der Waals surface area contributed by atoms with Crippen LogP contribution in [0.15, 0.2) is 34.8 Å². The van der Waals surface area contributed by atoms with Gasteiger partial charge in [-0.1, -0.05) is 12.1 Å². The summed E-state index contributed by atoms with van der Waals surface area (Å²) in [4.78, 5) is 26.1. The third-order valence-corrected chi connectivity index (χ3v) is 4.89. The molecular formula is C20H20BrNO3. The van der Waals surface area contributed by atoms with Crippen LogP contribution in [0.1, 0.15) is 33.5 Å². The highest BCUT2D eigenvalue weighted by atomic mass is 79.9. The molecule has 0 saturated heterocycles. The standard InChI is InChI=1S/C20H20BrNO3/c1-12-5-6-14(3)17(11-12)25-8-4-7-22-18-15(19(23)20(22)24)9-13(2)10-16(18)21/h5-6,9-11H,4,7-8H2,1-3H3. The third-order valence-electron chi connectivity index (χ3n) is 4.29. The second kappa shape index (κ2) is 7.00. The molecule has 0 saturated carbocycles. The molecule has 0 aromatic heterocycles. The van der Waals surface area contributed by atoms with Crippen molar-refractivity contribution in [3.05, 3.63) is 57.1 Å². The maximum absolute atomic E-state index is 12.3. The molecule has 25 heavy (non-hydrogen) atoms. The van der Waals surface area contributed by atoms with Gasteiger partial charge in [0.25, 0.3) is 11.7 Å². The first-order valence-corrected chi connectivity index (χ1v) is 9.04. The number of hydrogen-bond donors (Lipinski definition) is 0. The van der Waals surface area contributed by atoms with E-state index in [2.05, 4.69) is 15.9 Å². The van der Waals surface area contributed by atoms with E-state index in [1.54, 1.807) is 11.0 Å². The number of rotatable bonds is 5. The van der Waals surface area contributed by atoms with E-state index in [-0.39, 0.29) is 0 Å². The number of ether oxygens (including phenoxy) is 1. The third kappa shape index (κ3) is 3.47. The van der Waals surface area contributed by atoms with E-state index in [1.807, 2.05) is 45.0 Å². The van der Waals surface area contributed by atoms with Gasteiger partial charge >= 0.3 is 0 Å². The molecule has 0 aliphatic carbocycles. The molecule has 0 unspecified atom stereocenters. The lowest BCUT2D eigenvalue weighted by atomic mass is 10.1. The molecule has 0 fully saturated rings. The quantitative estimate of drug-likeness (QED) is 0.551. The average Bonchev–Trinajstić information content (AvgIpc) is 2.79. The smallest absolute Gasteiger partial charge is 0.299 e. The number of ketones is 1. The minimum atomic E-state index is -0.465. The Balaban J connectivity index is 1.67. The van der Waals surface area contributed by atoms with E-state index in [4.69, 9.17) is 4.74 Å². The summed E-state index contributed by atoms with van der Waals surface area (Å²) in [6.07, 6.45) is 0.645. The minimum Gasteiger partial charge on any atom is -0.493 e. The van der Waals surface area contributed by atoms with Crippen molar-refractivity contribution in [3.63, 3.8) is 0 Å². The molecule has 2 aromatic carbocycles. The van der Waals surface area contributed by atoms with Gasteiger partial charge in [-0.25, -0.2) is 0 Å². The Labute approximate surface area is 155 Å². The van der Waals surface area contributed by atoms with Gasteiger partial charge in [-0.05, 0) is 78.0 Å². The monoisotopic (exact) mass is 401 g/mol. The normalized spacial score (nSPS) is 13.4. The van der Waals surface area contributed by atoms with Crippen molar-refractivity contribution in [2.75, 3.05) is 18.1 Å². The largest absolute Gasteiger partial charge is 0.493 e. The molecule has 0 spiro atoms.